The summed E-state index contributed by atoms with van der Waals surface area (Å²) in [6, 6.07) is 1.42. The van der Waals surface area contributed by atoms with Crippen molar-refractivity contribution < 1.29 is 14.9 Å². The lowest BCUT2D eigenvalue weighted by molar-refractivity contribution is -0.107. The second-order valence-corrected chi connectivity index (χ2v) is 6.06. The maximum atomic E-state index is 11.9. The van der Waals surface area contributed by atoms with Gasteiger partial charge in [0, 0.05) is 6.20 Å². The van der Waals surface area contributed by atoms with E-state index in [0.717, 1.165) is 17.4 Å². The predicted molar refractivity (Wildman–Crippen MR) is 71.2 cm³/mol. The van der Waals surface area contributed by atoms with E-state index in [0.29, 0.717) is 0 Å². The number of hydrogen-bond acceptors (Lipinski definition) is 6. The highest BCUT2D eigenvalue weighted by Crippen LogP contribution is 2.52. The van der Waals surface area contributed by atoms with E-state index in [1.807, 2.05) is 0 Å². The van der Waals surface area contributed by atoms with Crippen molar-refractivity contribution in [2.75, 3.05) is 18.9 Å². The number of anilines is 1. The topological polar surface area (TPSA) is 111 Å². The maximum Gasteiger partial charge on any atom is 0.351 e. The molecule has 0 amide bonds. The molecule has 1 aliphatic carbocycles. The average Bonchev–Trinajstić information content (AvgIpc) is 3.21. The molecule has 1 saturated heterocycles. The van der Waals surface area contributed by atoms with Gasteiger partial charge in [0.05, 0.1) is 13.2 Å². The molecule has 1 aromatic heterocycles. The molecule has 0 spiro atoms. The second-order valence-electron chi connectivity index (χ2n) is 5.40. The first-order chi connectivity index (χ1) is 9.44. The molecule has 3 atom stereocenters. The number of rotatable bonds is 3. The van der Waals surface area contributed by atoms with Crippen molar-refractivity contribution in [1.82, 2.24) is 9.55 Å². The van der Waals surface area contributed by atoms with Crippen LogP contribution in [0.3, 0.4) is 0 Å². The Balaban J connectivity index is 2.03. The van der Waals surface area contributed by atoms with Crippen molar-refractivity contribution in [3.63, 3.8) is 0 Å². The van der Waals surface area contributed by atoms with E-state index in [-0.39, 0.29) is 24.9 Å². The van der Waals surface area contributed by atoms with Gasteiger partial charge in [-0.15, -0.1) is 0 Å². The zero-order valence-electron chi connectivity index (χ0n) is 10.7. The van der Waals surface area contributed by atoms with E-state index in [4.69, 9.17) is 22.1 Å². The summed E-state index contributed by atoms with van der Waals surface area (Å²) in [4.78, 5) is 14.0. The number of aliphatic hydroxyl groups is 2. The Morgan fingerprint density at radius 1 is 1.60 bits per heavy atom. The number of nitrogens with two attached hydrogens (primary N) is 1. The highest BCUT2D eigenvalue weighted by Gasteiger charge is 2.64. The van der Waals surface area contributed by atoms with E-state index in [1.165, 1.54) is 12.3 Å². The quantitative estimate of drug-likeness (QED) is 0.634. The molecule has 2 aliphatic rings. The first-order valence-corrected chi connectivity index (χ1v) is 6.79. The fourth-order valence-corrected chi connectivity index (χ4v) is 3.21. The van der Waals surface area contributed by atoms with Crippen LogP contribution in [0.15, 0.2) is 17.1 Å². The molecule has 1 saturated carbocycles. The molecule has 20 heavy (non-hydrogen) atoms. The molecule has 2 fully saturated rings. The number of ether oxygens (including phenoxy) is 1. The standard InChI is InChI=1S/C12H16ClN3O4/c13-12(16-4-3-8(14)15-10(16)19)6-20-11(5-17,9(12)18)7-1-2-7/h3-4,7,9,17-18H,1-2,5-6H2,(H2,14,15,19)/t9-,11+,12+/m1/s1. The molecule has 1 aromatic rings. The zero-order valence-corrected chi connectivity index (χ0v) is 11.5. The van der Waals surface area contributed by atoms with Crippen LogP contribution in [0.5, 0.6) is 0 Å². The molecular formula is C12H16ClN3O4. The first-order valence-electron chi connectivity index (χ1n) is 6.41. The molecule has 0 bridgehead atoms. The van der Waals surface area contributed by atoms with E-state index >= 15 is 0 Å². The summed E-state index contributed by atoms with van der Waals surface area (Å²) in [6.45, 7) is -0.428. The summed E-state index contributed by atoms with van der Waals surface area (Å²) in [5.41, 5.74) is 3.67. The highest BCUT2D eigenvalue weighted by molar-refractivity contribution is 6.22. The molecule has 0 aromatic carbocycles. The Kier molecular flexibility index (Phi) is 3.06. The molecule has 0 radical (unpaired) electrons. The van der Waals surface area contributed by atoms with Gasteiger partial charge in [0.25, 0.3) is 0 Å². The van der Waals surface area contributed by atoms with Crippen LogP contribution in [-0.2, 0) is 9.73 Å². The maximum absolute atomic E-state index is 11.9. The van der Waals surface area contributed by atoms with Crippen molar-refractivity contribution in [2.24, 2.45) is 5.92 Å². The van der Waals surface area contributed by atoms with Gasteiger partial charge in [-0.2, -0.15) is 4.98 Å². The molecule has 1 aliphatic heterocycles. The van der Waals surface area contributed by atoms with Crippen LogP contribution in [0.25, 0.3) is 0 Å². The van der Waals surface area contributed by atoms with Crippen molar-refractivity contribution >= 4 is 17.4 Å². The number of hydrogen-bond donors (Lipinski definition) is 3. The van der Waals surface area contributed by atoms with Crippen molar-refractivity contribution in [3.8, 4) is 0 Å². The Labute approximate surface area is 119 Å². The molecule has 2 heterocycles. The van der Waals surface area contributed by atoms with Crippen LogP contribution in [0, 0.1) is 5.92 Å². The van der Waals surface area contributed by atoms with Crippen molar-refractivity contribution in [3.05, 3.63) is 22.7 Å². The van der Waals surface area contributed by atoms with Crippen LogP contribution >= 0.6 is 11.6 Å². The minimum atomic E-state index is -1.48. The molecule has 3 rings (SSSR count). The Morgan fingerprint density at radius 2 is 2.30 bits per heavy atom. The summed E-state index contributed by atoms with van der Waals surface area (Å²) in [5.74, 6) is 0.135. The Hall–Kier alpha value is -1.15. The first kappa shape index (κ1) is 13.8. The van der Waals surface area contributed by atoms with Crippen molar-refractivity contribution in [1.29, 1.82) is 0 Å². The Morgan fingerprint density at radius 3 is 2.85 bits per heavy atom. The molecular weight excluding hydrogens is 286 g/mol. The lowest BCUT2D eigenvalue weighted by atomic mass is 9.89. The van der Waals surface area contributed by atoms with Crippen molar-refractivity contribution in [2.45, 2.75) is 29.5 Å². The van der Waals surface area contributed by atoms with Gasteiger partial charge in [-0.25, -0.2) is 4.79 Å². The molecule has 110 valence electrons. The minimum Gasteiger partial charge on any atom is -0.393 e. The molecule has 7 nitrogen and oxygen atoms in total. The molecule has 4 N–H and O–H groups in total. The Bertz CT molecular complexity index is 590. The van der Waals surface area contributed by atoms with Gasteiger partial charge in [0.15, 0.2) is 5.00 Å². The van der Waals surface area contributed by atoms with Crippen LogP contribution in [0.2, 0.25) is 0 Å². The van der Waals surface area contributed by atoms with Crippen LogP contribution in [0.1, 0.15) is 12.8 Å². The summed E-state index contributed by atoms with van der Waals surface area (Å²) in [6.07, 6.45) is 1.89. The largest absolute Gasteiger partial charge is 0.393 e. The van der Waals surface area contributed by atoms with Gasteiger partial charge in [-0.1, -0.05) is 11.6 Å². The van der Waals surface area contributed by atoms with E-state index in [9.17, 15) is 15.0 Å². The number of halogens is 1. The number of nitrogens with zero attached hydrogens (tertiary/aromatic N) is 2. The van der Waals surface area contributed by atoms with Gasteiger partial charge in [-0.05, 0) is 24.8 Å². The van der Waals surface area contributed by atoms with Gasteiger partial charge < -0.3 is 20.7 Å². The van der Waals surface area contributed by atoms with Gasteiger partial charge >= 0.3 is 5.69 Å². The summed E-state index contributed by atoms with van der Waals surface area (Å²) >= 11 is 6.44. The molecule has 8 heteroatoms. The molecule has 0 unspecified atom stereocenters. The van der Waals surface area contributed by atoms with Gasteiger partial charge in [0.1, 0.15) is 17.5 Å². The monoisotopic (exact) mass is 301 g/mol. The normalized spacial score (nSPS) is 37.2. The lowest BCUT2D eigenvalue weighted by Crippen LogP contribution is -2.54. The summed E-state index contributed by atoms with van der Waals surface area (Å²) in [5, 5.41) is 20.2. The number of nitrogen functional groups attached to an aromatic ring is 1. The van der Waals surface area contributed by atoms with Gasteiger partial charge in [0.2, 0.25) is 0 Å². The number of aromatic nitrogens is 2. The smallest absolute Gasteiger partial charge is 0.351 e. The van der Waals surface area contributed by atoms with E-state index in [2.05, 4.69) is 4.98 Å². The lowest BCUT2D eigenvalue weighted by Gasteiger charge is -2.34. The number of aliphatic hydroxyl groups excluding tert-OH is 2. The fraction of sp³-hybridized carbons (Fsp3) is 0.667. The third-order valence-corrected chi connectivity index (χ3v) is 4.66. The third-order valence-electron chi connectivity index (χ3n) is 4.17. The highest BCUT2D eigenvalue weighted by atomic mass is 35.5. The van der Waals surface area contributed by atoms with Crippen LogP contribution < -0.4 is 11.4 Å². The van der Waals surface area contributed by atoms with Crippen LogP contribution in [-0.4, -0.2) is 44.7 Å². The zero-order chi connectivity index (χ0) is 14.5. The number of alkyl halides is 1. The van der Waals surface area contributed by atoms with E-state index in [1.54, 1.807) is 0 Å². The average molecular weight is 302 g/mol. The minimum absolute atomic E-state index is 0.0561. The SMILES string of the molecule is Nc1ccn([C@@]2(Cl)CO[C@@](CO)(C3CC3)[C@H]2O)c(=O)n1. The summed E-state index contributed by atoms with van der Waals surface area (Å²) in [7, 11) is 0. The van der Waals surface area contributed by atoms with E-state index < -0.39 is 22.4 Å². The van der Waals surface area contributed by atoms with Crippen LogP contribution in [0.4, 0.5) is 5.82 Å². The predicted octanol–water partition coefficient (Wildman–Crippen LogP) is -0.751. The second kappa shape index (κ2) is 4.42. The summed E-state index contributed by atoms with van der Waals surface area (Å²) < 4.78 is 6.74. The van der Waals surface area contributed by atoms with Gasteiger partial charge in [-0.3, -0.25) is 4.57 Å². The third kappa shape index (κ3) is 1.77. The fourth-order valence-electron chi connectivity index (χ4n) is 2.84.